The zero-order valence-electron chi connectivity index (χ0n) is 39.0. The van der Waals surface area contributed by atoms with Gasteiger partial charge in [0.15, 0.2) is 6.10 Å². The average molecular weight is 957 g/mol. The van der Waals surface area contributed by atoms with E-state index in [1.165, 1.54) is 43.6 Å². The van der Waals surface area contributed by atoms with Gasteiger partial charge in [0, 0.05) is 24.7 Å². The van der Waals surface area contributed by atoms with Crippen molar-refractivity contribution in [3.8, 4) is 0 Å². The van der Waals surface area contributed by atoms with Crippen LogP contribution in [0, 0.1) is 11.8 Å². The number of phosphoric acid groups is 1. The highest BCUT2D eigenvalue weighted by atomic mass is 31.2. The molecule has 0 saturated heterocycles. The van der Waals surface area contributed by atoms with Crippen molar-refractivity contribution < 1.29 is 78.4 Å². The van der Waals surface area contributed by atoms with E-state index in [1.54, 1.807) is 0 Å². The van der Waals surface area contributed by atoms with Crippen molar-refractivity contribution in [3.63, 3.8) is 0 Å². The van der Waals surface area contributed by atoms with E-state index in [1.807, 2.05) is 6.92 Å². The summed E-state index contributed by atoms with van der Waals surface area (Å²) >= 11 is 0. The molecule has 66 heavy (non-hydrogen) atoms. The van der Waals surface area contributed by atoms with Gasteiger partial charge in [-0.3, -0.25) is 18.6 Å². The van der Waals surface area contributed by atoms with Gasteiger partial charge in [0.1, 0.15) is 31.0 Å². The van der Waals surface area contributed by atoms with Gasteiger partial charge in [-0.25, -0.2) is 4.57 Å². The Hall–Kier alpha value is -2.83. The zero-order chi connectivity index (χ0) is 48.7. The molecule has 378 valence electrons. The number of rotatable bonds is 23. The molecule has 0 aromatic heterocycles. The van der Waals surface area contributed by atoms with Crippen molar-refractivity contribution in [2.75, 3.05) is 13.2 Å². The van der Waals surface area contributed by atoms with Crippen LogP contribution in [0.3, 0.4) is 0 Å². The Labute approximate surface area is 392 Å². The minimum absolute atomic E-state index is 0.0160. The van der Waals surface area contributed by atoms with Gasteiger partial charge in [-0.15, -0.1) is 0 Å². The van der Waals surface area contributed by atoms with Crippen LogP contribution >= 0.6 is 7.82 Å². The van der Waals surface area contributed by atoms with Crippen LogP contribution in [-0.4, -0.2) is 132 Å². The number of hydrogen-bond acceptors (Lipinski definition) is 15. The number of aliphatic hydroxyl groups is 8. The Bertz CT molecular complexity index is 1560. The van der Waals surface area contributed by atoms with Crippen molar-refractivity contribution >= 4 is 19.8 Å². The lowest BCUT2D eigenvalue weighted by molar-refractivity contribution is -0.167. The van der Waals surface area contributed by atoms with Crippen LogP contribution in [0.25, 0.3) is 0 Å². The maximum atomic E-state index is 13.5. The molecule has 16 nitrogen and oxygen atoms in total. The number of phosphoric ester groups is 1. The Morgan fingerprint density at radius 2 is 1.33 bits per heavy atom. The zero-order valence-corrected chi connectivity index (χ0v) is 39.9. The minimum Gasteiger partial charge on any atom is -0.461 e. The standard InChI is InChI=1S/C49H81O16P/c1-3-5-7-8-9-10-11-12-13-14-15-16-17-18-19-20-21-22-24-30-43(54)64-37-34-62-42(53)29-26-25-28-38-40(51)33-41(52)39(32-31-36(50)27-23-6-4-2)45(56)47(58)49(48(59)46(57)44(38)55)65-66(60,61)63-35-37/h9-10,12-13,15-16,18-19,25-26,31-32,36-41,44-52,55-59H,3-8,11,14,17,20-24,27-30,33-35H2,1-2H3,(H,60,61)/b10-9-,13-12-,16-15-,19-18-,26-25-,32-31+/t36-,37-,38-,39+,40+,41-,44-,45-,46+,47-,48-,49-/m1/s1. The van der Waals surface area contributed by atoms with E-state index in [-0.39, 0.29) is 19.3 Å². The first-order chi connectivity index (χ1) is 31.6. The fraction of sp³-hybridized carbons (Fsp3) is 0.714. The second-order valence-corrected chi connectivity index (χ2v) is 18.6. The first kappa shape index (κ1) is 59.3. The van der Waals surface area contributed by atoms with Gasteiger partial charge in [0.25, 0.3) is 0 Å². The van der Waals surface area contributed by atoms with Gasteiger partial charge in [-0.2, -0.15) is 0 Å². The number of aliphatic hydroxyl groups excluding tert-OH is 8. The van der Waals surface area contributed by atoms with Crippen LogP contribution in [0.2, 0.25) is 0 Å². The molecule has 9 N–H and O–H groups in total. The lowest BCUT2D eigenvalue weighted by Crippen LogP contribution is -2.55. The van der Waals surface area contributed by atoms with Gasteiger partial charge >= 0.3 is 19.8 Å². The molecular weight excluding hydrogens is 875 g/mol. The topological polar surface area (TPSA) is 270 Å². The normalized spacial score (nSPS) is 32.3. The average Bonchev–Trinajstić information content (AvgIpc) is 3.28. The van der Waals surface area contributed by atoms with E-state index in [0.29, 0.717) is 25.7 Å². The number of ether oxygens (including phenoxy) is 2. The highest BCUT2D eigenvalue weighted by Crippen LogP contribution is 2.47. The molecule has 0 amide bonds. The number of esters is 2. The van der Waals surface area contributed by atoms with E-state index in [0.717, 1.165) is 51.4 Å². The summed E-state index contributed by atoms with van der Waals surface area (Å²) in [6.45, 7) is 2.72. The highest BCUT2D eigenvalue weighted by Gasteiger charge is 2.49. The predicted molar refractivity (Wildman–Crippen MR) is 250 cm³/mol. The third-order valence-corrected chi connectivity index (χ3v) is 12.6. The smallest absolute Gasteiger partial charge is 0.461 e. The fourth-order valence-electron chi connectivity index (χ4n) is 7.60. The molecule has 0 spiro atoms. The molecular formula is C49H81O16P. The van der Waals surface area contributed by atoms with E-state index >= 15 is 0 Å². The van der Waals surface area contributed by atoms with Crippen molar-refractivity contribution in [2.24, 2.45) is 11.8 Å². The Morgan fingerprint density at radius 1 is 0.742 bits per heavy atom. The SMILES string of the molecule is CCCCC/C=C\C/C=C\C/C=C\C/C=C\CCCCCC(=O)O[C@@H]1COC(=O)C/C=C\C[C@H]2[C@@H](O)[C@H](O)[C@@H](O)[C@H](OP(=O)(O)OC1)[C@H](O)[C@H](O)[C@@H](/C=C/[C@H](O)CCCCC)[C@H](O)C[C@@H]2O. The summed E-state index contributed by atoms with van der Waals surface area (Å²) in [6, 6.07) is 0. The van der Waals surface area contributed by atoms with Gasteiger partial charge in [0.2, 0.25) is 0 Å². The van der Waals surface area contributed by atoms with Crippen molar-refractivity contribution in [3.05, 3.63) is 72.9 Å². The van der Waals surface area contributed by atoms with Crippen LogP contribution in [0.5, 0.6) is 0 Å². The van der Waals surface area contributed by atoms with Gasteiger partial charge in [-0.05, 0) is 64.2 Å². The Kier molecular flexibility index (Phi) is 31.0. The second-order valence-electron chi connectivity index (χ2n) is 17.2. The molecule has 1 aliphatic carbocycles. The monoisotopic (exact) mass is 957 g/mol. The number of fused-ring (bicyclic) bond motifs is 4. The predicted octanol–water partition coefficient (Wildman–Crippen LogP) is 5.88. The van der Waals surface area contributed by atoms with Crippen molar-refractivity contribution in [2.45, 2.75) is 197 Å². The van der Waals surface area contributed by atoms with E-state index < -0.39 is 112 Å². The molecule has 2 bridgehead atoms. The van der Waals surface area contributed by atoms with Crippen LogP contribution in [0.4, 0.5) is 0 Å². The van der Waals surface area contributed by atoms with Crippen LogP contribution < -0.4 is 0 Å². The van der Waals surface area contributed by atoms with Crippen LogP contribution in [-0.2, 0) is 32.7 Å². The molecule has 0 aromatic rings. The highest BCUT2D eigenvalue weighted by molar-refractivity contribution is 7.47. The van der Waals surface area contributed by atoms with Crippen LogP contribution in [0.1, 0.15) is 136 Å². The second kappa shape index (κ2) is 34.5. The molecule has 2 rings (SSSR count). The first-order valence-electron chi connectivity index (χ1n) is 24.0. The van der Waals surface area contributed by atoms with E-state index in [4.69, 9.17) is 18.5 Å². The largest absolute Gasteiger partial charge is 0.472 e. The summed E-state index contributed by atoms with van der Waals surface area (Å²) < 4.78 is 34.5. The molecule has 1 saturated carbocycles. The van der Waals surface area contributed by atoms with E-state index in [9.17, 15) is 59.9 Å². The quantitative estimate of drug-likeness (QED) is 0.0250. The molecule has 1 heterocycles. The Morgan fingerprint density at radius 3 is 1.97 bits per heavy atom. The number of unbranched alkanes of at least 4 members (excludes halogenated alkanes) is 8. The minimum atomic E-state index is -5.44. The molecule has 0 radical (unpaired) electrons. The van der Waals surface area contributed by atoms with Crippen LogP contribution in [0.15, 0.2) is 72.9 Å². The number of carbonyl (C=O) groups is 2. The summed E-state index contributed by atoms with van der Waals surface area (Å²) in [4.78, 5) is 36.4. The van der Waals surface area contributed by atoms with Gasteiger partial charge in [-0.1, -0.05) is 125 Å². The van der Waals surface area contributed by atoms with Gasteiger partial charge < -0.3 is 55.2 Å². The number of cyclic esters (lactones) is 1. The van der Waals surface area contributed by atoms with E-state index in [2.05, 4.69) is 55.5 Å². The lowest BCUT2D eigenvalue weighted by Gasteiger charge is -2.37. The summed E-state index contributed by atoms with van der Waals surface area (Å²) in [6.07, 6.45) is 15.1. The number of hydrogen-bond donors (Lipinski definition) is 9. The molecule has 1 fully saturated rings. The van der Waals surface area contributed by atoms with Gasteiger partial charge in [0.05, 0.1) is 43.5 Å². The third-order valence-electron chi connectivity index (χ3n) is 11.6. The summed E-state index contributed by atoms with van der Waals surface area (Å²) in [7, 11) is -5.44. The summed E-state index contributed by atoms with van der Waals surface area (Å²) in [5.74, 6) is -4.32. The summed E-state index contributed by atoms with van der Waals surface area (Å²) in [5.41, 5.74) is 0. The lowest BCUT2D eigenvalue weighted by atomic mass is 9.83. The fourth-order valence-corrected chi connectivity index (χ4v) is 8.57. The molecule has 2 aliphatic rings. The molecule has 1 aliphatic heterocycles. The number of allylic oxidation sites excluding steroid dienone is 9. The maximum Gasteiger partial charge on any atom is 0.472 e. The van der Waals surface area contributed by atoms with Crippen molar-refractivity contribution in [1.82, 2.24) is 0 Å². The maximum absolute atomic E-state index is 13.5. The third kappa shape index (κ3) is 24.5. The molecule has 0 aromatic carbocycles. The number of carbonyl (C=O) groups excluding carboxylic acids is 2. The summed E-state index contributed by atoms with van der Waals surface area (Å²) in [5, 5.41) is 89.7. The van der Waals surface area contributed by atoms with Crippen molar-refractivity contribution in [1.29, 1.82) is 0 Å². The molecule has 13 atom stereocenters. The first-order valence-corrected chi connectivity index (χ1v) is 25.5. The molecule has 1 unspecified atom stereocenters. The Balaban J connectivity index is 2.11. The molecule has 17 heteroatoms.